The number of anilines is 1. The molecule has 1 fully saturated rings. The number of rotatable bonds is 6. The first-order valence-electron chi connectivity index (χ1n) is 11.6. The zero-order chi connectivity index (χ0) is 25.2. The predicted octanol–water partition coefficient (Wildman–Crippen LogP) is 2.14. The molecular formula is C25H25N7O4. The average Bonchev–Trinajstić information content (AvgIpc) is 3.57. The third kappa shape index (κ3) is 4.73. The number of nitrogens with one attached hydrogen (secondary N) is 1. The average molecular weight is 488 g/mol. The second kappa shape index (κ2) is 9.70. The molecule has 11 heteroatoms. The molecule has 2 aromatic heterocycles. The van der Waals surface area contributed by atoms with Crippen molar-refractivity contribution in [1.29, 1.82) is 0 Å². The van der Waals surface area contributed by atoms with Gasteiger partial charge in [0.15, 0.2) is 5.69 Å². The maximum atomic E-state index is 12.7. The molecule has 3 heterocycles. The van der Waals surface area contributed by atoms with E-state index in [0.29, 0.717) is 11.4 Å². The minimum atomic E-state index is -0.704. The second-order valence-electron chi connectivity index (χ2n) is 8.80. The van der Waals surface area contributed by atoms with Gasteiger partial charge in [-0.15, -0.1) is 0 Å². The Morgan fingerprint density at radius 2 is 1.72 bits per heavy atom. The van der Waals surface area contributed by atoms with Gasteiger partial charge in [0.25, 0.3) is 5.56 Å². The highest BCUT2D eigenvalue weighted by Crippen LogP contribution is 2.16. The van der Waals surface area contributed by atoms with Gasteiger partial charge in [-0.3, -0.25) is 19.1 Å². The minimum Gasteiger partial charge on any atom is -0.328 e. The molecule has 1 aliphatic heterocycles. The number of amides is 1. The first-order chi connectivity index (χ1) is 17.4. The largest absolute Gasteiger partial charge is 0.351 e. The van der Waals surface area contributed by atoms with Gasteiger partial charge in [-0.05, 0) is 62.7 Å². The third-order valence-electron chi connectivity index (χ3n) is 6.10. The Balaban J connectivity index is 1.36. The molecule has 0 aliphatic carbocycles. The van der Waals surface area contributed by atoms with Crippen LogP contribution < -0.4 is 16.6 Å². The van der Waals surface area contributed by atoms with Crippen LogP contribution in [0.5, 0.6) is 0 Å². The number of hydrogen-bond donors (Lipinski definition) is 1. The van der Waals surface area contributed by atoms with Gasteiger partial charge in [0, 0.05) is 19.3 Å². The smallest absolute Gasteiger partial charge is 0.328 e. The monoisotopic (exact) mass is 487 g/mol. The lowest BCUT2D eigenvalue weighted by Crippen LogP contribution is -2.40. The number of likely N-dealkylation sites (tertiary alicyclic amines) is 1. The van der Waals surface area contributed by atoms with E-state index in [1.54, 1.807) is 12.1 Å². The quantitative estimate of drug-likeness (QED) is 0.438. The van der Waals surface area contributed by atoms with Crippen LogP contribution in [0.25, 0.3) is 17.2 Å². The van der Waals surface area contributed by atoms with Crippen LogP contribution in [-0.2, 0) is 13.6 Å². The number of carbonyl (C=O) groups is 1. The van der Waals surface area contributed by atoms with Gasteiger partial charge in [0.1, 0.15) is 0 Å². The first kappa shape index (κ1) is 23.4. The Labute approximate surface area is 206 Å². The predicted molar refractivity (Wildman–Crippen MR) is 132 cm³/mol. The highest BCUT2D eigenvalue weighted by molar-refractivity contribution is 6.01. The fraction of sp³-hybridized carbons (Fsp3) is 0.280. The van der Waals surface area contributed by atoms with E-state index >= 15 is 0 Å². The molecule has 5 rings (SSSR count). The van der Waals surface area contributed by atoms with E-state index in [1.807, 2.05) is 43.3 Å². The standard InChI is InChI=1S/C25H25N7O4/c1-16-5-11-19(12-6-16)32-25(35)30(2)24(34)20(28-32)21-27-23(36-29-21)22(33)26-18-9-7-17(8-10-18)15-31-13-3-4-14-31/h5-12H,3-4,13-15H2,1-2H3,(H,26,33). The Morgan fingerprint density at radius 3 is 2.42 bits per heavy atom. The van der Waals surface area contributed by atoms with Crippen molar-refractivity contribution in [1.82, 2.24) is 29.4 Å². The van der Waals surface area contributed by atoms with E-state index in [1.165, 1.54) is 25.5 Å². The number of aromatic nitrogens is 5. The van der Waals surface area contributed by atoms with Crippen LogP contribution >= 0.6 is 0 Å². The van der Waals surface area contributed by atoms with E-state index in [0.717, 1.165) is 34.4 Å². The molecule has 0 bridgehead atoms. The van der Waals surface area contributed by atoms with Crippen LogP contribution in [0.2, 0.25) is 0 Å². The Kier molecular flexibility index (Phi) is 6.30. The maximum absolute atomic E-state index is 12.7. The van der Waals surface area contributed by atoms with E-state index in [-0.39, 0.29) is 17.4 Å². The van der Waals surface area contributed by atoms with Crippen LogP contribution in [0.1, 0.15) is 34.7 Å². The summed E-state index contributed by atoms with van der Waals surface area (Å²) in [6, 6.07) is 14.6. The molecule has 0 unspecified atom stereocenters. The minimum absolute atomic E-state index is 0.192. The molecule has 4 aromatic rings. The van der Waals surface area contributed by atoms with Crippen LogP contribution in [0, 0.1) is 6.92 Å². The lowest BCUT2D eigenvalue weighted by molar-refractivity contribution is 0.0981. The summed E-state index contributed by atoms with van der Waals surface area (Å²) < 4.78 is 7.08. The van der Waals surface area contributed by atoms with E-state index in [9.17, 15) is 14.4 Å². The molecule has 0 spiro atoms. The van der Waals surface area contributed by atoms with Crippen molar-refractivity contribution < 1.29 is 9.32 Å². The van der Waals surface area contributed by atoms with Crippen molar-refractivity contribution in [2.24, 2.45) is 7.05 Å². The lowest BCUT2D eigenvalue weighted by atomic mass is 10.2. The van der Waals surface area contributed by atoms with Gasteiger partial charge in [-0.1, -0.05) is 35.0 Å². The van der Waals surface area contributed by atoms with Crippen molar-refractivity contribution in [3.05, 3.63) is 86.4 Å². The molecule has 184 valence electrons. The summed E-state index contributed by atoms with van der Waals surface area (Å²) in [6.45, 7) is 5.02. The normalized spacial score (nSPS) is 13.7. The molecule has 1 amide bonds. The van der Waals surface area contributed by atoms with Crippen LogP contribution in [0.4, 0.5) is 5.69 Å². The zero-order valence-electron chi connectivity index (χ0n) is 20.0. The van der Waals surface area contributed by atoms with E-state index in [2.05, 4.69) is 25.5 Å². The second-order valence-corrected chi connectivity index (χ2v) is 8.80. The number of aryl methyl sites for hydroxylation is 1. The highest BCUT2D eigenvalue weighted by atomic mass is 16.5. The fourth-order valence-corrected chi connectivity index (χ4v) is 4.06. The summed E-state index contributed by atoms with van der Waals surface area (Å²) >= 11 is 0. The van der Waals surface area contributed by atoms with Crippen LogP contribution in [0.15, 0.2) is 62.6 Å². The van der Waals surface area contributed by atoms with Gasteiger partial charge in [-0.25, -0.2) is 4.79 Å². The Bertz CT molecular complexity index is 1510. The maximum Gasteiger partial charge on any atom is 0.351 e. The number of benzene rings is 2. The summed E-state index contributed by atoms with van der Waals surface area (Å²) in [5, 5.41) is 10.6. The molecule has 0 saturated carbocycles. The van der Waals surface area contributed by atoms with Gasteiger partial charge in [-0.2, -0.15) is 14.8 Å². The Hall–Kier alpha value is -4.38. The molecule has 1 N–H and O–H groups in total. The van der Waals surface area contributed by atoms with E-state index < -0.39 is 17.2 Å². The molecule has 36 heavy (non-hydrogen) atoms. The van der Waals surface area contributed by atoms with Gasteiger partial charge in [0.2, 0.25) is 5.82 Å². The molecule has 2 aromatic carbocycles. The first-order valence-corrected chi connectivity index (χ1v) is 11.6. The summed E-state index contributed by atoms with van der Waals surface area (Å²) in [4.78, 5) is 44.5. The van der Waals surface area contributed by atoms with Crippen molar-refractivity contribution in [3.63, 3.8) is 0 Å². The molecule has 11 nitrogen and oxygen atoms in total. The van der Waals surface area contributed by atoms with Gasteiger partial charge < -0.3 is 9.84 Å². The summed E-state index contributed by atoms with van der Waals surface area (Å²) in [6.07, 6.45) is 2.46. The zero-order valence-corrected chi connectivity index (χ0v) is 20.0. The third-order valence-corrected chi connectivity index (χ3v) is 6.10. The molecule has 1 saturated heterocycles. The van der Waals surface area contributed by atoms with Crippen molar-refractivity contribution in [2.75, 3.05) is 18.4 Å². The van der Waals surface area contributed by atoms with Crippen molar-refractivity contribution in [2.45, 2.75) is 26.3 Å². The van der Waals surface area contributed by atoms with Crippen molar-refractivity contribution >= 4 is 11.6 Å². The number of carbonyl (C=O) groups excluding carboxylic acids is 1. The van der Waals surface area contributed by atoms with E-state index in [4.69, 9.17) is 4.52 Å². The SMILES string of the molecule is Cc1ccc(-n2nc(-c3noc(C(=O)Nc4ccc(CN5CCCC5)cc4)n3)c(=O)n(C)c2=O)cc1. The van der Waals surface area contributed by atoms with Crippen LogP contribution in [-0.4, -0.2) is 48.4 Å². The topological polar surface area (TPSA) is 128 Å². The highest BCUT2D eigenvalue weighted by Gasteiger charge is 2.22. The molecule has 1 aliphatic rings. The molecule has 0 atom stereocenters. The van der Waals surface area contributed by atoms with Gasteiger partial charge >= 0.3 is 17.5 Å². The van der Waals surface area contributed by atoms with Crippen LogP contribution in [0.3, 0.4) is 0 Å². The Morgan fingerprint density at radius 1 is 1.03 bits per heavy atom. The van der Waals surface area contributed by atoms with Crippen molar-refractivity contribution in [3.8, 4) is 17.2 Å². The number of hydrogen-bond acceptors (Lipinski definition) is 8. The summed E-state index contributed by atoms with van der Waals surface area (Å²) in [7, 11) is 1.33. The molecular weight excluding hydrogens is 462 g/mol. The summed E-state index contributed by atoms with van der Waals surface area (Å²) in [5.41, 5.74) is 1.68. The number of nitrogens with zero attached hydrogens (tertiary/aromatic N) is 6. The lowest BCUT2D eigenvalue weighted by Gasteiger charge is -2.14. The summed E-state index contributed by atoms with van der Waals surface area (Å²) in [5.74, 6) is -1.14. The fourth-order valence-electron chi connectivity index (χ4n) is 4.06. The van der Waals surface area contributed by atoms with Gasteiger partial charge in [0.05, 0.1) is 5.69 Å². The molecule has 0 radical (unpaired) electrons.